The summed E-state index contributed by atoms with van der Waals surface area (Å²) in [6.45, 7) is 17.2. The molecule has 0 radical (unpaired) electrons. The van der Waals surface area contributed by atoms with E-state index in [0.717, 1.165) is 5.47 Å². The Labute approximate surface area is 146 Å². The Balaban J connectivity index is 1.66. The van der Waals surface area contributed by atoms with E-state index < -0.39 is 0 Å². The number of nitrogens with zero attached hydrogens (tertiary/aromatic N) is 1. The van der Waals surface area contributed by atoms with Crippen LogP contribution >= 0.6 is 0 Å². The molecule has 0 saturated carbocycles. The van der Waals surface area contributed by atoms with E-state index in [1.165, 1.54) is 0 Å². The molecule has 0 aromatic heterocycles. The van der Waals surface area contributed by atoms with Crippen molar-refractivity contribution in [3.05, 3.63) is 23.8 Å². The standard InChI is InChI=1S/C17H29B2NO4/c1-14(2)15(3,4)22-18(21-14)13-9-11-20(12-10-13)19-23-16(5,6)17(7,8)24-19/h9-11H,12H2,1-8H3. The van der Waals surface area contributed by atoms with Crippen molar-refractivity contribution in [2.75, 3.05) is 6.54 Å². The van der Waals surface area contributed by atoms with Gasteiger partial charge in [-0.2, -0.15) is 0 Å². The molecule has 7 heteroatoms. The highest BCUT2D eigenvalue weighted by atomic mass is 16.7. The van der Waals surface area contributed by atoms with Crippen molar-refractivity contribution in [3.63, 3.8) is 0 Å². The van der Waals surface area contributed by atoms with Gasteiger partial charge < -0.3 is 23.4 Å². The van der Waals surface area contributed by atoms with Gasteiger partial charge in [-0.15, -0.1) is 0 Å². The van der Waals surface area contributed by atoms with Crippen LogP contribution in [0.1, 0.15) is 55.4 Å². The maximum atomic E-state index is 6.11. The molecule has 3 aliphatic rings. The predicted octanol–water partition coefficient (Wildman–Crippen LogP) is 2.96. The second-order valence-electron chi connectivity index (χ2n) is 8.87. The highest BCUT2D eigenvalue weighted by Gasteiger charge is 2.55. The highest BCUT2D eigenvalue weighted by molar-refractivity contribution is 6.55. The highest BCUT2D eigenvalue weighted by Crippen LogP contribution is 2.40. The molecule has 3 heterocycles. The van der Waals surface area contributed by atoms with Crippen molar-refractivity contribution in [3.8, 4) is 0 Å². The molecule has 2 saturated heterocycles. The molecular formula is C17H29B2NO4. The van der Waals surface area contributed by atoms with E-state index in [1.54, 1.807) is 0 Å². The summed E-state index contributed by atoms with van der Waals surface area (Å²) in [4.78, 5) is 2.05. The zero-order valence-corrected chi connectivity index (χ0v) is 16.2. The van der Waals surface area contributed by atoms with Crippen LogP contribution in [0, 0.1) is 0 Å². The minimum Gasteiger partial charge on any atom is -0.399 e. The van der Waals surface area contributed by atoms with E-state index in [0.29, 0.717) is 6.54 Å². The molecule has 0 atom stereocenters. The summed E-state index contributed by atoms with van der Waals surface area (Å²) in [5.41, 5.74) is -0.270. The van der Waals surface area contributed by atoms with E-state index in [4.69, 9.17) is 18.6 Å². The molecule has 0 aromatic carbocycles. The SMILES string of the molecule is CC1(C)OB(C2=CCN(B3OC(C)(C)C(C)(C)O3)C=C2)OC1(C)C. The Bertz CT molecular complexity index is 551. The molecular weight excluding hydrogens is 304 g/mol. The zero-order chi connectivity index (χ0) is 18.0. The van der Waals surface area contributed by atoms with Crippen molar-refractivity contribution in [2.45, 2.75) is 77.8 Å². The maximum Gasteiger partial charge on any atom is 0.593 e. The molecule has 3 rings (SSSR count). The van der Waals surface area contributed by atoms with E-state index in [1.807, 2.05) is 17.1 Å². The van der Waals surface area contributed by atoms with Gasteiger partial charge in [0.2, 0.25) is 0 Å². The van der Waals surface area contributed by atoms with Gasteiger partial charge in [0.05, 0.1) is 22.4 Å². The van der Waals surface area contributed by atoms with Gasteiger partial charge in [-0.25, -0.2) is 0 Å². The zero-order valence-electron chi connectivity index (χ0n) is 16.2. The van der Waals surface area contributed by atoms with Gasteiger partial charge >= 0.3 is 14.4 Å². The molecule has 0 spiro atoms. The van der Waals surface area contributed by atoms with Gasteiger partial charge in [0.25, 0.3) is 0 Å². The minimum atomic E-state index is -0.373. The van der Waals surface area contributed by atoms with Crippen LogP contribution in [0.4, 0.5) is 0 Å². The summed E-state index contributed by atoms with van der Waals surface area (Å²) in [7, 11) is -0.700. The van der Waals surface area contributed by atoms with Crippen molar-refractivity contribution < 1.29 is 18.6 Å². The summed E-state index contributed by atoms with van der Waals surface area (Å²) in [6.07, 6.45) is 6.15. The van der Waals surface area contributed by atoms with Crippen molar-refractivity contribution in [2.24, 2.45) is 0 Å². The number of hydrogen-bond acceptors (Lipinski definition) is 5. The first-order valence-corrected chi connectivity index (χ1v) is 8.70. The van der Waals surface area contributed by atoms with Gasteiger partial charge in [-0.3, -0.25) is 0 Å². The van der Waals surface area contributed by atoms with Crippen LogP contribution in [0.5, 0.6) is 0 Å². The first-order valence-electron chi connectivity index (χ1n) is 8.70. The first kappa shape index (κ1) is 18.1. The molecule has 0 N–H and O–H groups in total. The number of hydrogen-bond donors (Lipinski definition) is 0. The fourth-order valence-corrected chi connectivity index (χ4v) is 2.78. The Hall–Kier alpha value is -0.750. The van der Waals surface area contributed by atoms with Crippen molar-refractivity contribution in [1.29, 1.82) is 0 Å². The topological polar surface area (TPSA) is 40.2 Å². The quantitative estimate of drug-likeness (QED) is 0.727. The fraction of sp³-hybridized carbons (Fsp3) is 0.765. The van der Waals surface area contributed by atoms with E-state index in [9.17, 15) is 0 Å². The van der Waals surface area contributed by atoms with Crippen LogP contribution in [0.15, 0.2) is 23.8 Å². The largest absolute Gasteiger partial charge is 0.593 e. The van der Waals surface area contributed by atoms with Crippen LogP contribution in [0.2, 0.25) is 0 Å². The van der Waals surface area contributed by atoms with Crippen LogP contribution in [0.3, 0.4) is 0 Å². The van der Waals surface area contributed by atoms with Gasteiger partial charge in [-0.05, 0) is 73.1 Å². The summed E-state index contributed by atoms with van der Waals surface area (Å²) < 4.78 is 24.4. The lowest BCUT2D eigenvalue weighted by Gasteiger charge is -2.32. The average Bonchev–Trinajstić information content (AvgIpc) is 2.79. The van der Waals surface area contributed by atoms with E-state index in [2.05, 4.69) is 61.5 Å². The second-order valence-corrected chi connectivity index (χ2v) is 8.87. The van der Waals surface area contributed by atoms with Crippen LogP contribution in [-0.2, 0) is 18.6 Å². The maximum absolute atomic E-state index is 6.11. The summed E-state index contributed by atoms with van der Waals surface area (Å²) in [5, 5.41) is 0. The lowest BCUT2D eigenvalue weighted by atomic mass is 9.76. The van der Waals surface area contributed by atoms with Crippen LogP contribution < -0.4 is 0 Å². The lowest BCUT2D eigenvalue weighted by Crippen LogP contribution is -2.41. The number of allylic oxidation sites excluding steroid dienone is 2. The van der Waals surface area contributed by atoms with Gasteiger partial charge in [0.1, 0.15) is 0 Å². The Morgan fingerprint density at radius 1 is 0.792 bits per heavy atom. The van der Waals surface area contributed by atoms with E-state index >= 15 is 0 Å². The Kier molecular flexibility index (Phi) is 4.04. The van der Waals surface area contributed by atoms with Crippen LogP contribution in [-0.4, -0.2) is 48.1 Å². The summed E-state index contributed by atoms with van der Waals surface area (Å²) in [6, 6.07) is 0. The molecule has 2 fully saturated rings. The van der Waals surface area contributed by atoms with Crippen molar-refractivity contribution in [1.82, 2.24) is 4.81 Å². The third kappa shape index (κ3) is 2.85. The molecule has 0 unspecified atom stereocenters. The van der Waals surface area contributed by atoms with Gasteiger partial charge in [-0.1, -0.05) is 6.08 Å². The first-order chi connectivity index (χ1) is 10.8. The summed E-state index contributed by atoms with van der Waals surface area (Å²) >= 11 is 0. The predicted molar refractivity (Wildman–Crippen MR) is 96.1 cm³/mol. The molecule has 0 amide bonds. The monoisotopic (exact) mass is 333 g/mol. The Morgan fingerprint density at radius 2 is 1.25 bits per heavy atom. The van der Waals surface area contributed by atoms with Gasteiger partial charge in [0.15, 0.2) is 0 Å². The van der Waals surface area contributed by atoms with E-state index in [-0.39, 0.29) is 36.8 Å². The summed E-state index contributed by atoms with van der Waals surface area (Å²) in [5.74, 6) is 0. The average molecular weight is 333 g/mol. The lowest BCUT2D eigenvalue weighted by molar-refractivity contribution is 0.00578. The molecule has 5 nitrogen and oxygen atoms in total. The van der Waals surface area contributed by atoms with Crippen LogP contribution in [0.25, 0.3) is 0 Å². The number of rotatable bonds is 2. The second kappa shape index (κ2) is 5.37. The molecule has 0 bridgehead atoms. The molecule has 0 aromatic rings. The minimum absolute atomic E-state index is 0.324. The van der Waals surface area contributed by atoms with Crippen molar-refractivity contribution >= 4 is 14.4 Å². The van der Waals surface area contributed by atoms with Gasteiger partial charge in [0, 0.05) is 6.54 Å². The Morgan fingerprint density at radius 3 is 1.67 bits per heavy atom. The smallest absolute Gasteiger partial charge is 0.399 e. The molecule has 0 aliphatic carbocycles. The molecule has 3 aliphatic heterocycles. The third-order valence-corrected chi connectivity index (χ3v) is 6.03. The molecule has 24 heavy (non-hydrogen) atoms. The third-order valence-electron chi connectivity index (χ3n) is 6.03. The normalized spacial score (nSPS) is 30.0. The fourth-order valence-electron chi connectivity index (χ4n) is 2.78. The molecule has 132 valence electrons.